The molecule has 1 saturated heterocycles. The minimum Gasteiger partial charge on any atom is -0.237 e. The molecule has 0 spiro atoms. The van der Waals surface area contributed by atoms with Crippen LogP contribution >= 0.6 is 23.1 Å². The van der Waals surface area contributed by atoms with E-state index in [1.165, 1.54) is 50.0 Å². The molecule has 0 amide bonds. The van der Waals surface area contributed by atoms with Crippen molar-refractivity contribution < 1.29 is 0 Å². The highest BCUT2D eigenvalue weighted by Gasteiger charge is 2.13. The van der Waals surface area contributed by atoms with Crippen LogP contribution in [0.4, 0.5) is 0 Å². The Morgan fingerprint density at radius 2 is 2.18 bits per heavy atom. The van der Waals surface area contributed by atoms with E-state index >= 15 is 0 Å². The number of nitrogens with zero attached hydrogens (tertiary/aromatic N) is 1. The Balaban J connectivity index is 1.43. The molecule has 95 valence electrons. The van der Waals surface area contributed by atoms with Crippen LogP contribution in [0.15, 0.2) is 17.5 Å². The second-order valence-corrected chi connectivity index (χ2v) is 6.85. The summed E-state index contributed by atoms with van der Waals surface area (Å²) < 4.78 is 0. The molecule has 2 heterocycles. The molecular weight excluding hydrogens is 246 g/mol. The quantitative estimate of drug-likeness (QED) is 0.683. The van der Waals surface area contributed by atoms with Crippen molar-refractivity contribution in [1.29, 1.82) is 0 Å². The summed E-state index contributed by atoms with van der Waals surface area (Å²) in [6, 6.07) is 5.08. The van der Waals surface area contributed by atoms with Crippen molar-refractivity contribution in [3.05, 3.63) is 22.4 Å². The van der Waals surface area contributed by atoms with E-state index in [2.05, 4.69) is 34.6 Å². The summed E-state index contributed by atoms with van der Waals surface area (Å²) in [7, 11) is 0. The lowest BCUT2D eigenvalue weighted by molar-refractivity contribution is 0.484. The van der Waals surface area contributed by atoms with Crippen molar-refractivity contribution in [3.63, 3.8) is 0 Å². The first-order valence-electron chi connectivity index (χ1n) is 6.72. The van der Waals surface area contributed by atoms with E-state index in [-0.39, 0.29) is 0 Å². The predicted octanol–water partition coefficient (Wildman–Crippen LogP) is 3.96. The predicted molar refractivity (Wildman–Crippen MR) is 79.2 cm³/mol. The van der Waals surface area contributed by atoms with E-state index in [0.29, 0.717) is 6.04 Å². The Bertz CT molecular complexity index is 278. The summed E-state index contributed by atoms with van der Waals surface area (Å²) >= 11 is 3.97. The highest BCUT2D eigenvalue weighted by atomic mass is 32.2. The Hall–Kier alpha value is 0.01000. The Morgan fingerprint density at radius 3 is 2.94 bits per heavy atom. The SMILES string of the molecule is c1csc(CCCCCCC2CSCC[N]2)c1. The minimum absolute atomic E-state index is 0.672. The fraction of sp³-hybridized carbons (Fsp3) is 0.714. The van der Waals surface area contributed by atoms with Crippen LogP contribution in [0.5, 0.6) is 0 Å². The van der Waals surface area contributed by atoms with Crippen LogP contribution in [0.1, 0.15) is 37.0 Å². The Morgan fingerprint density at radius 1 is 1.24 bits per heavy atom. The van der Waals surface area contributed by atoms with Gasteiger partial charge in [0.1, 0.15) is 0 Å². The van der Waals surface area contributed by atoms with Gasteiger partial charge in [-0.2, -0.15) is 11.8 Å². The topological polar surface area (TPSA) is 14.1 Å². The van der Waals surface area contributed by atoms with Crippen LogP contribution in [-0.2, 0) is 6.42 Å². The molecule has 3 heteroatoms. The highest BCUT2D eigenvalue weighted by Crippen LogP contribution is 2.16. The lowest BCUT2D eigenvalue weighted by Crippen LogP contribution is -2.31. The van der Waals surface area contributed by atoms with Gasteiger partial charge in [-0.1, -0.05) is 25.3 Å². The van der Waals surface area contributed by atoms with Gasteiger partial charge in [0.25, 0.3) is 0 Å². The van der Waals surface area contributed by atoms with Gasteiger partial charge in [0.05, 0.1) is 0 Å². The normalized spacial score (nSPS) is 20.6. The van der Waals surface area contributed by atoms with Crippen molar-refractivity contribution in [3.8, 4) is 0 Å². The van der Waals surface area contributed by atoms with Gasteiger partial charge in [-0.25, -0.2) is 5.32 Å². The molecule has 0 aromatic carbocycles. The van der Waals surface area contributed by atoms with E-state index in [4.69, 9.17) is 0 Å². The maximum atomic E-state index is 4.67. The van der Waals surface area contributed by atoms with Crippen LogP contribution < -0.4 is 5.32 Å². The van der Waals surface area contributed by atoms with E-state index in [9.17, 15) is 0 Å². The molecule has 1 aliphatic heterocycles. The van der Waals surface area contributed by atoms with Gasteiger partial charge < -0.3 is 0 Å². The van der Waals surface area contributed by atoms with Crippen molar-refractivity contribution >= 4 is 23.1 Å². The molecule has 1 radical (unpaired) electrons. The first-order valence-corrected chi connectivity index (χ1v) is 8.75. The molecule has 0 saturated carbocycles. The molecule has 1 aliphatic rings. The Labute approximate surface area is 113 Å². The summed E-state index contributed by atoms with van der Waals surface area (Å²) in [6.45, 7) is 1.09. The standard InChI is InChI=1S/C14H22NS2/c1(2-4-7-14-8-5-10-17-14)3-6-13-12-16-11-9-15-13/h5,8,10,13H,1-4,6-7,9,11-12H2. The second kappa shape index (κ2) is 8.17. The smallest absolute Gasteiger partial charge is 0.0336 e. The monoisotopic (exact) mass is 268 g/mol. The van der Waals surface area contributed by atoms with Crippen LogP contribution in [0.25, 0.3) is 0 Å². The third-order valence-electron chi connectivity index (χ3n) is 3.22. The highest BCUT2D eigenvalue weighted by molar-refractivity contribution is 7.99. The molecule has 2 rings (SSSR count). The number of thioether (sulfide) groups is 1. The fourth-order valence-electron chi connectivity index (χ4n) is 2.23. The summed E-state index contributed by atoms with van der Waals surface area (Å²) in [6.07, 6.45) is 8.11. The maximum Gasteiger partial charge on any atom is 0.0336 e. The van der Waals surface area contributed by atoms with Crippen molar-refractivity contribution in [2.45, 2.75) is 44.6 Å². The average Bonchev–Trinajstić information content (AvgIpc) is 2.88. The number of hydrogen-bond donors (Lipinski definition) is 0. The number of thiophene rings is 1. The van der Waals surface area contributed by atoms with Crippen molar-refractivity contribution in [1.82, 2.24) is 5.32 Å². The number of hydrogen-bond acceptors (Lipinski definition) is 2. The molecule has 17 heavy (non-hydrogen) atoms. The number of unbranched alkanes of at least 4 members (excludes halogenated alkanes) is 3. The lowest BCUT2D eigenvalue weighted by Gasteiger charge is -2.20. The third-order valence-corrected chi connectivity index (χ3v) is 5.25. The summed E-state index contributed by atoms with van der Waals surface area (Å²) in [5.41, 5.74) is 0. The molecule has 1 aromatic rings. The maximum absolute atomic E-state index is 4.67. The second-order valence-electron chi connectivity index (χ2n) is 4.67. The van der Waals surface area contributed by atoms with Gasteiger partial charge in [0.2, 0.25) is 0 Å². The van der Waals surface area contributed by atoms with Gasteiger partial charge in [-0.15, -0.1) is 11.3 Å². The van der Waals surface area contributed by atoms with Crippen LogP contribution in [-0.4, -0.2) is 24.1 Å². The molecule has 1 atom stereocenters. The zero-order valence-electron chi connectivity index (χ0n) is 10.4. The number of rotatable bonds is 7. The molecule has 0 aliphatic carbocycles. The molecule has 1 fully saturated rings. The minimum atomic E-state index is 0.672. The van der Waals surface area contributed by atoms with Gasteiger partial charge in [-0.05, 0) is 30.7 Å². The van der Waals surface area contributed by atoms with Gasteiger partial charge in [0.15, 0.2) is 0 Å². The van der Waals surface area contributed by atoms with E-state index in [1.807, 2.05) is 11.3 Å². The van der Waals surface area contributed by atoms with Crippen LogP contribution in [0.3, 0.4) is 0 Å². The van der Waals surface area contributed by atoms with Gasteiger partial charge in [-0.3, -0.25) is 0 Å². The van der Waals surface area contributed by atoms with E-state index < -0.39 is 0 Å². The van der Waals surface area contributed by atoms with Crippen LogP contribution in [0.2, 0.25) is 0 Å². The van der Waals surface area contributed by atoms with Crippen molar-refractivity contribution in [2.75, 3.05) is 18.1 Å². The largest absolute Gasteiger partial charge is 0.237 e. The first kappa shape index (κ1) is 13.4. The molecular formula is C14H22NS2. The molecule has 1 unspecified atom stereocenters. The zero-order valence-corrected chi connectivity index (χ0v) is 12.1. The van der Waals surface area contributed by atoms with Crippen LogP contribution in [0, 0.1) is 0 Å². The Kier molecular flexibility index (Phi) is 6.46. The lowest BCUT2D eigenvalue weighted by atomic mass is 10.1. The molecule has 1 nitrogen and oxygen atoms in total. The number of aryl methyl sites for hydroxylation is 1. The zero-order chi connectivity index (χ0) is 11.8. The van der Waals surface area contributed by atoms with E-state index in [1.54, 1.807) is 4.88 Å². The van der Waals surface area contributed by atoms with Gasteiger partial charge in [0, 0.05) is 29.0 Å². The summed E-state index contributed by atoms with van der Waals surface area (Å²) in [4.78, 5) is 1.55. The third kappa shape index (κ3) is 5.45. The van der Waals surface area contributed by atoms with Crippen molar-refractivity contribution in [2.24, 2.45) is 0 Å². The van der Waals surface area contributed by atoms with Gasteiger partial charge >= 0.3 is 0 Å². The average molecular weight is 268 g/mol. The first-order chi connectivity index (χ1) is 8.45. The summed E-state index contributed by atoms with van der Waals surface area (Å²) in [5, 5.41) is 6.85. The molecule has 1 aromatic heterocycles. The molecule has 0 N–H and O–H groups in total. The van der Waals surface area contributed by atoms with E-state index in [0.717, 1.165) is 6.54 Å². The molecule has 0 bridgehead atoms. The summed E-state index contributed by atoms with van der Waals surface area (Å²) in [5.74, 6) is 2.52. The fourth-order valence-corrected chi connectivity index (χ4v) is 3.93.